The van der Waals surface area contributed by atoms with Gasteiger partial charge < -0.3 is 4.74 Å². The van der Waals surface area contributed by atoms with Crippen LogP contribution in [0.2, 0.25) is 0 Å². The maximum atomic E-state index is 13.7. The molecule has 0 aliphatic carbocycles. The van der Waals surface area contributed by atoms with E-state index in [4.69, 9.17) is 9.72 Å². The largest absolute Gasteiger partial charge is 0.468 e. The van der Waals surface area contributed by atoms with Gasteiger partial charge in [0.05, 0.1) is 23.9 Å². The van der Waals surface area contributed by atoms with E-state index in [1.807, 2.05) is 43.0 Å². The summed E-state index contributed by atoms with van der Waals surface area (Å²) in [6.07, 6.45) is 0.854. The van der Waals surface area contributed by atoms with Gasteiger partial charge in [-0.1, -0.05) is 43.3 Å². The second-order valence-electron chi connectivity index (χ2n) is 7.64. The lowest BCUT2D eigenvalue weighted by Gasteiger charge is -2.28. The summed E-state index contributed by atoms with van der Waals surface area (Å²) in [6.45, 7) is 6.45. The van der Waals surface area contributed by atoms with E-state index in [0.717, 1.165) is 39.2 Å². The number of aromatic nitrogens is 2. The van der Waals surface area contributed by atoms with Crippen molar-refractivity contribution in [2.75, 3.05) is 12.9 Å². The van der Waals surface area contributed by atoms with Gasteiger partial charge in [-0.05, 0) is 31.0 Å². The fourth-order valence-corrected chi connectivity index (χ4v) is 6.60. The molecule has 1 aliphatic rings. The van der Waals surface area contributed by atoms with Crippen LogP contribution in [0.1, 0.15) is 29.9 Å². The van der Waals surface area contributed by atoms with Gasteiger partial charge in [0, 0.05) is 15.4 Å². The van der Waals surface area contributed by atoms with Gasteiger partial charge in [0.1, 0.15) is 4.83 Å². The third kappa shape index (κ3) is 3.98. The van der Waals surface area contributed by atoms with Gasteiger partial charge in [0.15, 0.2) is 5.16 Å². The maximum Gasteiger partial charge on any atom is 0.316 e. The molecule has 0 saturated heterocycles. The highest BCUT2D eigenvalue weighted by molar-refractivity contribution is 8.00. The maximum absolute atomic E-state index is 13.7. The molecule has 0 N–H and O–H groups in total. The Balaban J connectivity index is 1.93. The van der Waals surface area contributed by atoms with Crippen molar-refractivity contribution >= 4 is 51.0 Å². The standard InChI is InChI=1S/C21H22N2O3S3/c1-12-5-7-13(8-6-12)23-19(25)17-14-9-21(2,3)28-10-15(14)29-18(17)22-20(23)27-11-16(24)26-4/h5-8H,9-11H2,1-4H3. The summed E-state index contributed by atoms with van der Waals surface area (Å²) in [4.78, 5) is 32.2. The van der Waals surface area contributed by atoms with Crippen LogP contribution in [0.4, 0.5) is 0 Å². The Hall–Kier alpha value is -1.77. The quantitative estimate of drug-likeness (QED) is 0.332. The van der Waals surface area contributed by atoms with Crippen molar-refractivity contribution in [3.05, 3.63) is 50.6 Å². The first-order chi connectivity index (χ1) is 13.8. The Morgan fingerprint density at radius 3 is 2.72 bits per heavy atom. The van der Waals surface area contributed by atoms with Gasteiger partial charge in [-0.2, -0.15) is 0 Å². The average molecular weight is 447 g/mol. The number of esters is 1. The smallest absolute Gasteiger partial charge is 0.316 e. The summed E-state index contributed by atoms with van der Waals surface area (Å²) >= 11 is 4.75. The molecule has 0 atom stereocenters. The minimum atomic E-state index is -0.344. The normalized spacial score (nSPS) is 15.3. The van der Waals surface area contributed by atoms with Crippen LogP contribution in [0.25, 0.3) is 15.9 Å². The van der Waals surface area contributed by atoms with E-state index in [1.54, 1.807) is 15.9 Å². The number of hydrogen-bond acceptors (Lipinski definition) is 7. The number of aryl methyl sites for hydroxylation is 1. The van der Waals surface area contributed by atoms with E-state index in [1.165, 1.54) is 23.7 Å². The number of hydrogen-bond donors (Lipinski definition) is 0. The highest BCUT2D eigenvalue weighted by Gasteiger charge is 2.31. The predicted molar refractivity (Wildman–Crippen MR) is 122 cm³/mol. The number of rotatable bonds is 4. The summed E-state index contributed by atoms with van der Waals surface area (Å²) in [5.41, 5.74) is 2.95. The molecule has 3 heterocycles. The molecule has 0 amide bonds. The Kier molecular flexibility index (Phi) is 5.52. The summed E-state index contributed by atoms with van der Waals surface area (Å²) < 4.78 is 6.50. The molecule has 152 valence electrons. The molecule has 4 rings (SSSR count). The van der Waals surface area contributed by atoms with E-state index in [9.17, 15) is 9.59 Å². The zero-order valence-electron chi connectivity index (χ0n) is 16.8. The molecule has 0 fully saturated rings. The van der Waals surface area contributed by atoms with Crippen molar-refractivity contribution in [3.8, 4) is 5.69 Å². The second kappa shape index (κ2) is 7.81. The number of ether oxygens (including phenoxy) is 1. The number of thiophene rings is 1. The van der Waals surface area contributed by atoms with E-state index >= 15 is 0 Å². The summed E-state index contributed by atoms with van der Waals surface area (Å²) in [5.74, 6) is 0.662. The van der Waals surface area contributed by atoms with Crippen LogP contribution in [-0.2, 0) is 21.7 Å². The van der Waals surface area contributed by atoms with Crippen LogP contribution >= 0.6 is 34.9 Å². The minimum absolute atomic E-state index is 0.0635. The number of methoxy groups -OCH3 is 1. The first-order valence-electron chi connectivity index (χ1n) is 9.27. The van der Waals surface area contributed by atoms with E-state index < -0.39 is 0 Å². The first-order valence-corrected chi connectivity index (χ1v) is 12.1. The molecule has 0 spiro atoms. The van der Waals surface area contributed by atoms with Crippen LogP contribution in [0.3, 0.4) is 0 Å². The number of fused-ring (bicyclic) bond motifs is 3. The topological polar surface area (TPSA) is 61.2 Å². The van der Waals surface area contributed by atoms with Gasteiger partial charge in [-0.15, -0.1) is 23.1 Å². The van der Waals surface area contributed by atoms with Crippen LogP contribution in [0, 0.1) is 6.92 Å². The van der Waals surface area contributed by atoms with Crippen molar-refractivity contribution in [3.63, 3.8) is 0 Å². The third-order valence-electron chi connectivity index (χ3n) is 4.91. The lowest BCUT2D eigenvalue weighted by molar-refractivity contribution is -0.137. The van der Waals surface area contributed by atoms with Gasteiger partial charge in [0.2, 0.25) is 0 Å². The predicted octanol–water partition coefficient (Wildman–Crippen LogP) is 4.59. The molecule has 0 bridgehead atoms. The summed E-state index contributed by atoms with van der Waals surface area (Å²) in [7, 11) is 1.36. The van der Waals surface area contributed by atoms with Crippen molar-refractivity contribution in [1.29, 1.82) is 0 Å². The SMILES string of the molecule is COC(=O)CSc1nc2sc3c(c2c(=O)n1-c1ccc(C)cc1)CC(C)(C)SC3. The van der Waals surface area contributed by atoms with Crippen molar-refractivity contribution in [1.82, 2.24) is 9.55 Å². The molecule has 2 aromatic heterocycles. The summed E-state index contributed by atoms with van der Waals surface area (Å²) in [6, 6.07) is 7.79. The highest BCUT2D eigenvalue weighted by Crippen LogP contribution is 2.44. The fourth-order valence-electron chi connectivity index (χ4n) is 3.37. The fraction of sp³-hybridized carbons (Fsp3) is 0.381. The van der Waals surface area contributed by atoms with Crippen molar-refractivity contribution in [2.24, 2.45) is 0 Å². The van der Waals surface area contributed by atoms with Crippen LogP contribution in [0.5, 0.6) is 0 Å². The van der Waals surface area contributed by atoms with Gasteiger partial charge in [-0.25, -0.2) is 4.98 Å². The minimum Gasteiger partial charge on any atom is -0.468 e. The molecule has 8 heteroatoms. The molecule has 0 unspecified atom stereocenters. The molecule has 1 aromatic carbocycles. The molecular weight excluding hydrogens is 424 g/mol. The third-order valence-corrected chi connectivity index (χ3v) is 8.49. The van der Waals surface area contributed by atoms with Gasteiger partial charge >= 0.3 is 5.97 Å². The lowest BCUT2D eigenvalue weighted by atomic mass is 10.00. The van der Waals surface area contributed by atoms with Crippen LogP contribution in [-0.4, -0.2) is 33.1 Å². The molecule has 5 nitrogen and oxygen atoms in total. The Morgan fingerprint density at radius 1 is 1.31 bits per heavy atom. The first kappa shape index (κ1) is 20.5. The van der Waals surface area contributed by atoms with E-state index in [-0.39, 0.29) is 22.0 Å². The Morgan fingerprint density at radius 2 is 2.03 bits per heavy atom. The average Bonchev–Trinajstić information content (AvgIpc) is 3.03. The molecule has 29 heavy (non-hydrogen) atoms. The lowest BCUT2D eigenvalue weighted by Crippen LogP contribution is -2.26. The van der Waals surface area contributed by atoms with Gasteiger partial charge in [0.25, 0.3) is 5.56 Å². The van der Waals surface area contributed by atoms with E-state index in [2.05, 4.69) is 13.8 Å². The van der Waals surface area contributed by atoms with Crippen LogP contribution < -0.4 is 5.56 Å². The zero-order valence-corrected chi connectivity index (χ0v) is 19.2. The van der Waals surface area contributed by atoms with Crippen molar-refractivity contribution in [2.45, 2.75) is 42.8 Å². The van der Waals surface area contributed by atoms with Crippen molar-refractivity contribution < 1.29 is 9.53 Å². The molecule has 0 saturated carbocycles. The number of thioether (sulfide) groups is 2. The van der Waals surface area contributed by atoms with E-state index in [0.29, 0.717) is 5.16 Å². The molecule has 0 radical (unpaired) electrons. The molecular formula is C21H22N2O3S3. The Bertz CT molecular complexity index is 1150. The molecule has 1 aliphatic heterocycles. The van der Waals surface area contributed by atoms with Crippen LogP contribution in [0.15, 0.2) is 34.2 Å². The number of benzene rings is 1. The summed E-state index contributed by atoms with van der Waals surface area (Å²) in [5, 5.41) is 1.24. The Labute approximate surface area is 181 Å². The highest BCUT2D eigenvalue weighted by atomic mass is 32.2. The van der Waals surface area contributed by atoms with Gasteiger partial charge in [-0.3, -0.25) is 14.2 Å². The molecule has 3 aromatic rings. The monoisotopic (exact) mass is 446 g/mol. The number of nitrogens with zero attached hydrogens (tertiary/aromatic N) is 2. The zero-order chi connectivity index (χ0) is 20.8. The second-order valence-corrected chi connectivity index (χ2v) is 11.4. The number of carbonyl (C=O) groups is 1. The number of carbonyl (C=O) groups excluding carboxylic acids is 1.